The van der Waals surface area contributed by atoms with E-state index >= 15 is 0 Å². The number of benzene rings is 1. The number of nitrogens with one attached hydrogen (secondary N) is 2. The van der Waals surface area contributed by atoms with Crippen LogP contribution < -0.4 is 10.6 Å². The van der Waals surface area contributed by atoms with Gasteiger partial charge in [0, 0.05) is 35.6 Å². The predicted molar refractivity (Wildman–Crippen MR) is 94.9 cm³/mol. The van der Waals surface area contributed by atoms with E-state index in [1.165, 1.54) is 23.6 Å². The molecule has 0 bridgehead atoms. The van der Waals surface area contributed by atoms with Crippen LogP contribution in [0.5, 0.6) is 0 Å². The van der Waals surface area contributed by atoms with Gasteiger partial charge < -0.3 is 5.32 Å². The number of amides is 1. The van der Waals surface area contributed by atoms with E-state index in [0.717, 1.165) is 18.6 Å². The van der Waals surface area contributed by atoms with Gasteiger partial charge in [-0.25, -0.2) is 4.98 Å². The number of hydrogen-bond acceptors (Lipinski definition) is 5. The number of amidine groups is 1. The lowest BCUT2D eigenvalue weighted by atomic mass is 10.1. The van der Waals surface area contributed by atoms with E-state index in [9.17, 15) is 18.0 Å². The van der Waals surface area contributed by atoms with Crippen molar-refractivity contribution in [1.29, 1.82) is 0 Å². The van der Waals surface area contributed by atoms with Gasteiger partial charge in [0.25, 0.3) is 5.91 Å². The number of thiazole rings is 1. The minimum atomic E-state index is -4.43. The first-order valence-electron chi connectivity index (χ1n) is 7.73. The Hall–Kier alpha value is -2.13. The first-order chi connectivity index (χ1) is 12.3. The Kier molecular flexibility index (Phi) is 5.47. The maximum atomic E-state index is 12.8. The third-order valence-electron chi connectivity index (χ3n) is 3.62. The molecule has 26 heavy (non-hydrogen) atoms. The molecule has 3 rings (SSSR count). The summed E-state index contributed by atoms with van der Waals surface area (Å²) < 4.78 is 38.5. The summed E-state index contributed by atoms with van der Waals surface area (Å²) in [6.07, 6.45) is -1.86. The van der Waals surface area contributed by atoms with Crippen molar-refractivity contribution in [3.8, 4) is 0 Å². The highest BCUT2D eigenvalue weighted by Crippen LogP contribution is 2.33. The molecule has 0 fully saturated rings. The third kappa shape index (κ3) is 4.53. The Morgan fingerprint density at radius 1 is 1.38 bits per heavy atom. The number of aliphatic imine (C=N–C) groups is 1. The maximum Gasteiger partial charge on any atom is 0.416 e. The average molecular weight is 403 g/mol. The molecule has 1 aromatic heterocycles. The number of carbonyl (C=O) groups excluding carboxylic acids is 1. The van der Waals surface area contributed by atoms with Crippen molar-refractivity contribution in [2.75, 3.05) is 18.4 Å². The first-order valence-corrected chi connectivity index (χ1v) is 8.92. The van der Waals surface area contributed by atoms with Gasteiger partial charge in [-0.05, 0) is 30.2 Å². The SMILES string of the molecule is O=C(Nc1ncc(Cc2cc(C(F)(F)F)ccc2Cl)s1)C1=NCCCN1. The monoisotopic (exact) mass is 402 g/mol. The minimum Gasteiger partial charge on any atom is -0.366 e. The van der Waals surface area contributed by atoms with Crippen LogP contribution in [0.1, 0.15) is 22.4 Å². The molecule has 1 aliphatic heterocycles. The quantitative estimate of drug-likeness (QED) is 0.818. The van der Waals surface area contributed by atoms with Gasteiger partial charge in [0.2, 0.25) is 0 Å². The number of hydrogen-bond donors (Lipinski definition) is 2. The first kappa shape index (κ1) is 18.7. The third-order valence-corrected chi connectivity index (χ3v) is 4.91. The molecule has 0 atom stereocenters. The second-order valence-electron chi connectivity index (χ2n) is 5.58. The van der Waals surface area contributed by atoms with Crippen molar-refractivity contribution in [3.05, 3.63) is 45.4 Å². The van der Waals surface area contributed by atoms with Gasteiger partial charge >= 0.3 is 6.18 Å². The lowest BCUT2D eigenvalue weighted by Crippen LogP contribution is -2.39. The molecule has 2 aromatic rings. The van der Waals surface area contributed by atoms with Crippen LogP contribution in [0, 0.1) is 0 Å². The molecular formula is C16H14ClF3N4OS. The van der Waals surface area contributed by atoms with Crippen LogP contribution in [-0.2, 0) is 17.4 Å². The molecule has 1 aliphatic rings. The molecule has 138 valence electrons. The molecule has 2 N–H and O–H groups in total. The van der Waals surface area contributed by atoms with Crippen molar-refractivity contribution in [2.24, 2.45) is 4.99 Å². The highest BCUT2D eigenvalue weighted by Gasteiger charge is 2.31. The van der Waals surface area contributed by atoms with E-state index in [-0.39, 0.29) is 23.2 Å². The van der Waals surface area contributed by atoms with Gasteiger partial charge in [0.1, 0.15) is 0 Å². The Bertz CT molecular complexity index is 850. The molecule has 2 heterocycles. The molecule has 5 nitrogen and oxygen atoms in total. The molecule has 0 aliphatic carbocycles. The predicted octanol–water partition coefficient (Wildman–Crippen LogP) is 3.74. The zero-order chi connectivity index (χ0) is 18.7. The van der Waals surface area contributed by atoms with E-state index in [1.54, 1.807) is 0 Å². The van der Waals surface area contributed by atoms with Crippen molar-refractivity contribution >= 4 is 39.8 Å². The van der Waals surface area contributed by atoms with Crippen LogP contribution in [0.3, 0.4) is 0 Å². The van der Waals surface area contributed by atoms with Crippen LogP contribution >= 0.6 is 22.9 Å². The van der Waals surface area contributed by atoms with Gasteiger partial charge in [-0.1, -0.05) is 11.6 Å². The summed E-state index contributed by atoms with van der Waals surface area (Å²) in [4.78, 5) is 20.9. The van der Waals surface area contributed by atoms with Gasteiger partial charge in [-0.15, -0.1) is 11.3 Å². The van der Waals surface area contributed by atoms with E-state index in [0.29, 0.717) is 28.7 Å². The van der Waals surface area contributed by atoms with E-state index in [2.05, 4.69) is 20.6 Å². The fraction of sp³-hybridized carbons (Fsp3) is 0.312. The number of carbonyl (C=O) groups is 1. The molecule has 0 spiro atoms. The fourth-order valence-corrected chi connectivity index (χ4v) is 3.38. The number of nitrogens with zero attached hydrogens (tertiary/aromatic N) is 2. The van der Waals surface area contributed by atoms with E-state index in [4.69, 9.17) is 11.6 Å². The van der Waals surface area contributed by atoms with E-state index in [1.807, 2.05) is 0 Å². The van der Waals surface area contributed by atoms with Gasteiger partial charge in [-0.2, -0.15) is 13.2 Å². The fourth-order valence-electron chi connectivity index (χ4n) is 2.36. The second-order valence-corrected chi connectivity index (χ2v) is 7.10. The topological polar surface area (TPSA) is 66.4 Å². The summed E-state index contributed by atoms with van der Waals surface area (Å²) in [5, 5.41) is 6.13. The average Bonchev–Trinajstić information content (AvgIpc) is 3.03. The van der Waals surface area contributed by atoms with Gasteiger partial charge in [0.05, 0.1) is 5.56 Å². The Balaban J connectivity index is 1.71. The lowest BCUT2D eigenvalue weighted by molar-refractivity contribution is -0.137. The van der Waals surface area contributed by atoms with Crippen LogP contribution in [0.2, 0.25) is 5.02 Å². The molecule has 0 saturated carbocycles. The second kappa shape index (κ2) is 7.63. The van der Waals surface area contributed by atoms with Gasteiger partial charge in [-0.3, -0.25) is 15.1 Å². The Morgan fingerprint density at radius 2 is 2.19 bits per heavy atom. The molecule has 0 saturated heterocycles. The van der Waals surface area contributed by atoms with Crippen molar-refractivity contribution in [1.82, 2.24) is 10.3 Å². The van der Waals surface area contributed by atoms with Crippen LogP contribution in [0.25, 0.3) is 0 Å². The molecular weight excluding hydrogens is 389 g/mol. The number of halogens is 4. The Morgan fingerprint density at radius 3 is 2.88 bits per heavy atom. The zero-order valence-electron chi connectivity index (χ0n) is 13.4. The molecule has 1 aromatic carbocycles. The maximum absolute atomic E-state index is 12.8. The zero-order valence-corrected chi connectivity index (χ0v) is 14.9. The molecule has 0 radical (unpaired) electrons. The largest absolute Gasteiger partial charge is 0.416 e. The number of alkyl halides is 3. The summed E-state index contributed by atoms with van der Waals surface area (Å²) >= 11 is 7.19. The highest BCUT2D eigenvalue weighted by molar-refractivity contribution is 7.15. The number of anilines is 1. The number of aromatic nitrogens is 1. The molecule has 0 unspecified atom stereocenters. The summed E-state index contributed by atoms with van der Waals surface area (Å²) in [6.45, 7) is 1.27. The van der Waals surface area contributed by atoms with Crippen LogP contribution in [0.15, 0.2) is 29.4 Å². The van der Waals surface area contributed by atoms with Crippen molar-refractivity contribution < 1.29 is 18.0 Å². The van der Waals surface area contributed by atoms with Crippen LogP contribution in [0.4, 0.5) is 18.3 Å². The smallest absolute Gasteiger partial charge is 0.366 e. The van der Waals surface area contributed by atoms with Gasteiger partial charge in [0.15, 0.2) is 11.0 Å². The van der Waals surface area contributed by atoms with Crippen molar-refractivity contribution in [2.45, 2.75) is 19.0 Å². The summed E-state index contributed by atoms with van der Waals surface area (Å²) in [5.74, 6) is -0.128. The normalized spacial score (nSPS) is 14.5. The standard InChI is InChI=1S/C16H14ClF3N4OS/c17-12-3-2-10(16(18,19)20)6-9(12)7-11-8-23-15(26-11)24-14(25)13-21-4-1-5-22-13/h2-3,6,8H,1,4-5,7H2,(H,21,22)(H,23,24,25). The van der Waals surface area contributed by atoms with Crippen molar-refractivity contribution in [3.63, 3.8) is 0 Å². The Labute approximate surface area is 156 Å². The summed E-state index contributed by atoms with van der Waals surface area (Å²) in [7, 11) is 0. The molecule has 10 heteroatoms. The summed E-state index contributed by atoms with van der Waals surface area (Å²) in [5.41, 5.74) is -0.405. The van der Waals surface area contributed by atoms with Crippen LogP contribution in [-0.4, -0.2) is 29.8 Å². The number of rotatable bonds is 4. The minimum absolute atomic E-state index is 0.190. The highest BCUT2D eigenvalue weighted by atomic mass is 35.5. The molecule has 1 amide bonds. The van der Waals surface area contributed by atoms with E-state index < -0.39 is 11.7 Å². The summed E-state index contributed by atoms with van der Waals surface area (Å²) in [6, 6.07) is 3.21. The lowest BCUT2D eigenvalue weighted by Gasteiger charge is -2.12.